The second kappa shape index (κ2) is 6.07. The number of ether oxygens (including phenoxy) is 1. The number of aryl methyl sites for hydroxylation is 1. The number of anilines is 2. The lowest BCUT2D eigenvalue weighted by Crippen LogP contribution is -2.08. The van der Waals surface area contributed by atoms with Gasteiger partial charge in [0.1, 0.15) is 0 Å². The normalized spacial score (nSPS) is 10.2. The Morgan fingerprint density at radius 2 is 1.95 bits per heavy atom. The molecule has 7 heteroatoms. The molecule has 0 unspecified atom stereocenters. The van der Waals surface area contributed by atoms with Gasteiger partial charge in [-0.2, -0.15) is 0 Å². The molecule has 2 aromatic rings. The number of aromatic nitrogens is 2. The molecule has 20 heavy (non-hydrogen) atoms. The summed E-state index contributed by atoms with van der Waals surface area (Å²) in [6.45, 7) is 1.76. The van der Waals surface area contributed by atoms with Gasteiger partial charge in [0.2, 0.25) is 5.95 Å². The van der Waals surface area contributed by atoms with Gasteiger partial charge in [0, 0.05) is 11.4 Å². The fourth-order valence-electron chi connectivity index (χ4n) is 1.54. The van der Waals surface area contributed by atoms with Gasteiger partial charge in [0.15, 0.2) is 5.69 Å². The Morgan fingerprint density at radius 3 is 2.60 bits per heavy atom. The molecule has 0 spiro atoms. The largest absolute Gasteiger partial charge is 0.464 e. The van der Waals surface area contributed by atoms with E-state index >= 15 is 0 Å². The number of carbonyl (C=O) groups is 1. The van der Waals surface area contributed by atoms with Crippen molar-refractivity contribution in [3.05, 3.63) is 45.7 Å². The molecule has 0 aliphatic rings. The van der Waals surface area contributed by atoms with E-state index in [2.05, 4.69) is 20.0 Å². The summed E-state index contributed by atoms with van der Waals surface area (Å²) < 4.78 is 4.64. The second-order valence-corrected chi connectivity index (χ2v) is 4.78. The lowest BCUT2D eigenvalue weighted by atomic mass is 10.3. The minimum Gasteiger partial charge on any atom is -0.464 e. The topological polar surface area (TPSA) is 64.1 Å². The van der Waals surface area contributed by atoms with Crippen molar-refractivity contribution < 1.29 is 9.53 Å². The highest BCUT2D eigenvalue weighted by Gasteiger charge is 2.11. The van der Waals surface area contributed by atoms with Crippen molar-refractivity contribution in [2.24, 2.45) is 0 Å². The van der Waals surface area contributed by atoms with Crippen molar-refractivity contribution in [2.75, 3.05) is 12.4 Å². The fraction of sp³-hybridized carbons (Fsp3) is 0.154. The third-order valence-corrected chi connectivity index (χ3v) is 3.16. The molecular formula is C13H11Cl2N3O2. The molecule has 0 fully saturated rings. The number of nitrogens with zero attached hydrogens (tertiary/aromatic N) is 2. The molecule has 0 amide bonds. The molecule has 0 bridgehead atoms. The molecule has 0 saturated heterocycles. The molecule has 0 aliphatic heterocycles. The van der Waals surface area contributed by atoms with Crippen molar-refractivity contribution in [3.8, 4) is 0 Å². The number of hydrogen-bond donors (Lipinski definition) is 1. The first-order chi connectivity index (χ1) is 9.49. The Labute approximate surface area is 125 Å². The Balaban J connectivity index is 2.31. The third-order valence-electron chi connectivity index (χ3n) is 2.42. The zero-order chi connectivity index (χ0) is 14.7. The van der Waals surface area contributed by atoms with E-state index in [4.69, 9.17) is 23.2 Å². The SMILES string of the molecule is COC(=O)c1cc(C)nc(Nc2ccc(Cl)c(Cl)c2)n1. The van der Waals surface area contributed by atoms with E-state index in [1.165, 1.54) is 7.11 Å². The Kier molecular flexibility index (Phi) is 4.42. The Bertz CT molecular complexity index is 662. The average Bonchev–Trinajstić information content (AvgIpc) is 2.41. The third kappa shape index (κ3) is 3.37. The van der Waals surface area contributed by atoms with Gasteiger partial charge in [-0.15, -0.1) is 0 Å². The monoisotopic (exact) mass is 311 g/mol. The minimum atomic E-state index is -0.521. The summed E-state index contributed by atoms with van der Waals surface area (Å²) in [5, 5.41) is 3.83. The number of carbonyl (C=O) groups excluding carboxylic acids is 1. The van der Waals surface area contributed by atoms with Crippen LogP contribution >= 0.6 is 23.2 Å². The number of benzene rings is 1. The zero-order valence-electron chi connectivity index (χ0n) is 10.8. The van der Waals surface area contributed by atoms with Gasteiger partial charge in [0.05, 0.1) is 17.2 Å². The van der Waals surface area contributed by atoms with Crippen LogP contribution in [-0.2, 0) is 4.74 Å². The Hall–Kier alpha value is -1.85. The van der Waals surface area contributed by atoms with Crippen LogP contribution in [0.5, 0.6) is 0 Å². The van der Waals surface area contributed by atoms with E-state index in [0.717, 1.165) is 0 Å². The fourth-order valence-corrected chi connectivity index (χ4v) is 1.83. The Morgan fingerprint density at radius 1 is 1.20 bits per heavy atom. The number of nitrogens with one attached hydrogen (secondary N) is 1. The number of halogens is 2. The molecule has 104 valence electrons. The predicted octanol–water partition coefficient (Wildman–Crippen LogP) is 3.62. The second-order valence-electron chi connectivity index (χ2n) is 3.96. The minimum absolute atomic E-state index is 0.183. The van der Waals surface area contributed by atoms with Crippen LogP contribution in [0, 0.1) is 6.92 Å². The van der Waals surface area contributed by atoms with Crippen molar-refractivity contribution in [3.63, 3.8) is 0 Å². The van der Waals surface area contributed by atoms with Gasteiger partial charge < -0.3 is 10.1 Å². The average molecular weight is 312 g/mol. The number of methoxy groups -OCH3 is 1. The van der Waals surface area contributed by atoms with Gasteiger partial charge in [-0.05, 0) is 31.2 Å². The summed E-state index contributed by atoms with van der Waals surface area (Å²) in [5.41, 5.74) is 1.49. The zero-order valence-corrected chi connectivity index (χ0v) is 12.3. The molecule has 2 rings (SSSR count). The van der Waals surface area contributed by atoms with E-state index in [1.807, 2.05) is 0 Å². The van der Waals surface area contributed by atoms with Gasteiger partial charge in [-0.25, -0.2) is 14.8 Å². The predicted molar refractivity (Wildman–Crippen MR) is 77.9 cm³/mol. The van der Waals surface area contributed by atoms with Crippen LogP contribution in [0.4, 0.5) is 11.6 Å². The summed E-state index contributed by atoms with van der Waals surface area (Å²) in [5.74, 6) is -0.239. The van der Waals surface area contributed by atoms with Crippen molar-refractivity contribution in [1.82, 2.24) is 9.97 Å². The smallest absolute Gasteiger partial charge is 0.356 e. The molecule has 0 aliphatic carbocycles. The molecule has 0 radical (unpaired) electrons. The first-order valence-electron chi connectivity index (χ1n) is 5.65. The van der Waals surface area contributed by atoms with E-state index in [-0.39, 0.29) is 11.6 Å². The number of hydrogen-bond acceptors (Lipinski definition) is 5. The van der Waals surface area contributed by atoms with Crippen molar-refractivity contribution in [1.29, 1.82) is 0 Å². The van der Waals surface area contributed by atoms with Gasteiger partial charge in [0.25, 0.3) is 0 Å². The lowest BCUT2D eigenvalue weighted by molar-refractivity contribution is 0.0594. The molecule has 1 N–H and O–H groups in total. The van der Waals surface area contributed by atoms with Gasteiger partial charge in [-0.3, -0.25) is 0 Å². The quantitative estimate of drug-likeness (QED) is 0.877. The summed E-state index contributed by atoms with van der Waals surface area (Å²) in [4.78, 5) is 19.8. The highest BCUT2D eigenvalue weighted by Crippen LogP contribution is 2.26. The van der Waals surface area contributed by atoms with Gasteiger partial charge >= 0.3 is 5.97 Å². The van der Waals surface area contributed by atoms with Crippen LogP contribution in [-0.4, -0.2) is 23.0 Å². The van der Waals surface area contributed by atoms with E-state index in [9.17, 15) is 4.79 Å². The maximum absolute atomic E-state index is 11.5. The molecule has 1 aromatic carbocycles. The maximum Gasteiger partial charge on any atom is 0.356 e. The highest BCUT2D eigenvalue weighted by atomic mass is 35.5. The molecule has 1 heterocycles. The van der Waals surface area contributed by atoms with Crippen molar-refractivity contribution >= 4 is 40.8 Å². The van der Waals surface area contributed by atoms with Crippen molar-refractivity contribution in [2.45, 2.75) is 6.92 Å². The molecule has 0 saturated carbocycles. The van der Waals surface area contributed by atoms with E-state index in [1.54, 1.807) is 31.2 Å². The molecule has 1 aromatic heterocycles. The number of rotatable bonds is 3. The highest BCUT2D eigenvalue weighted by molar-refractivity contribution is 6.42. The molecule has 5 nitrogen and oxygen atoms in total. The van der Waals surface area contributed by atoms with Crippen LogP contribution < -0.4 is 5.32 Å². The van der Waals surface area contributed by atoms with Gasteiger partial charge in [-0.1, -0.05) is 23.2 Å². The van der Waals surface area contributed by atoms with E-state index < -0.39 is 5.97 Å². The summed E-state index contributed by atoms with van der Waals surface area (Å²) in [6.07, 6.45) is 0. The van der Waals surface area contributed by atoms with Crippen LogP contribution in [0.2, 0.25) is 10.0 Å². The maximum atomic E-state index is 11.5. The first kappa shape index (κ1) is 14.6. The molecule has 0 atom stereocenters. The first-order valence-corrected chi connectivity index (χ1v) is 6.41. The standard InChI is InChI=1S/C13H11Cl2N3O2/c1-7-5-11(12(19)20-2)18-13(16-7)17-8-3-4-9(14)10(15)6-8/h3-6H,1-2H3,(H,16,17,18). The summed E-state index contributed by atoms with van der Waals surface area (Å²) >= 11 is 11.8. The van der Waals surface area contributed by atoms with Crippen LogP contribution in [0.25, 0.3) is 0 Å². The van der Waals surface area contributed by atoms with Crippen LogP contribution in [0.15, 0.2) is 24.3 Å². The molecular weight excluding hydrogens is 301 g/mol. The summed E-state index contributed by atoms with van der Waals surface area (Å²) in [6, 6.07) is 6.58. The van der Waals surface area contributed by atoms with Crippen LogP contribution in [0.1, 0.15) is 16.2 Å². The van der Waals surface area contributed by atoms with Crippen LogP contribution in [0.3, 0.4) is 0 Å². The van der Waals surface area contributed by atoms with E-state index in [0.29, 0.717) is 21.4 Å². The lowest BCUT2D eigenvalue weighted by Gasteiger charge is -2.08. The number of esters is 1. The summed E-state index contributed by atoms with van der Waals surface area (Å²) in [7, 11) is 1.30.